The van der Waals surface area contributed by atoms with Gasteiger partial charge in [-0.25, -0.2) is 9.80 Å². The van der Waals surface area contributed by atoms with Gasteiger partial charge in [-0.1, -0.05) is 24.3 Å². The van der Waals surface area contributed by atoms with Gasteiger partial charge < -0.3 is 0 Å². The van der Waals surface area contributed by atoms with E-state index in [4.69, 9.17) is 0 Å². The van der Waals surface area contributed by atoms with E-state index >= 15 is 0 Å². The van der Waals surface area contributed by atoms with Crippen molar-refractivity contribution in [3.05, 3.63) is 82.0 Å². The van der Waals surface area contributed by atoms with E-state index in [-0.39, 0.29) is 22.5 Å². The summed E-state index contributed by atoms with van der Waals surface area (Å²) < 4.78 is 43.2. The van der Waals surface area contributed by atoms with Crippen LogP contribution in [0.25, 0.3) is 0 Å². The maximum absolute atomic E-state index is 14.4. The highest BCUT2D eigenvalue weighted by Gasteiger charge is 2.43. The molecule has 0 fully saturated rings. The second-order valence-corrected chi connectivity index (χ2v) is 8.67. The molecular formula is C26H21F3N2O4. The second-order valence-electron chi connectivity index (χ2n) is 8.67. The van der Waals surface area contributed by atoms with Crippen molar-refractivity contribution in [3.8, 4) is 0 Å². The van der Waals surface area contributed by atoms with E-state index in [1.807, 2.05) is 0 Å². The highest BCUT2D eigenvalue weighted by Crippen LogP contribution is 2.44. The number of amides is 4. The lowest BCUT2D eigenvalue weighted by atomic mass is 9.86. The summed E-state index contributed by atoms with van der Waals surface area (Å²) in [6.45, 7) is 6.20. The molecule has 180 valence electrons. The zero-order chi connectivity index (χ0) is 25.8. The SMILES string of the molecule is Cc1cc(C(c2cc(C)c(N3C(=O)C=CC3=O)c(C)c2)C(F)(F)F)cc(C)c1N1C(=O)C=CC1=O. The summed E-state index contributed by atoms with van der Waals surface area (Å²) in [5.41, 5.74) is 1.82. The first-order chi connectivity index (χ1) is 16.3. The van der Waals surface area contributed by atoms with Crippen LogP contribution in [0.4, 0.5) is 24.5 Å². The fourth-order valence-electron chi connectivity index (χ4n) is 4.83. The van der Waals surface area contributed by atoms with Crippen LogP contribution >= 0.6 is 0 Å². The Balaban J connectivity index is 1.82. The van der Waals surface area contributed by atoms with Gasteiger partial charge in [-0.15, -0.1) is 0 Å². The first-order valence-electron chi connectivity index (χ1n) is 10.7. The van der Waals surface area contributed by atoms with Gasteiger partial charge in [0.25, 0.3) is 23.6 Å². The standard InChI is InChI=1S/C26H21F3N2O4/c1-13-9-17(10-14(2)24(13)30-19(32)5-6-20(30)33)23(26(27,28)29)18-11-15(3)25(16(4)12-18)31-21(34)7-8-22(31)35/h5-12,23H,1-4H3. The van der Waals surface area contributed by atoms with Crippen LogP contribution in [0.3, 0.4) is 0 Å². The molecule has 4 amide bonds. The Bertz CT molecular complexity index is 1190. The van der Waals surface area contributed by atoms with Crippen molar-refractivity contribution in [3.63, 3.8) is 0 Å². The fourth-order valence-corrected chi connectivity index (χ4v) is 4.83. The molecule has 0 saturated heterocycles. The Hall–Kier alpha value is -4.01. The molecule has 2 aliphatic rings. The van der Waals surface area contributed by atoms with E-state index in [1.165, 1.54) is 24.3 Å². The molecule has 0 spiro atoms. The molecule has 2 aliphatic heterocycles. The minimum Gasteiger partial charge on any atom is -0.269 e. The van der Waals surface area contributed by atoms with Crippen LogP contribution in [0.5, 0.6) is 0 Å². The molecule has 9 heteroatoms. The third-order valence-corrected chi connectivity index (χ3v) is 6.09. The van der Waals surface area contributed by atoms with Crippen LogP contribution in [0, 0.1) is 27.7 Å². The molecule has 0 radical (unpaired) electrons. The molecule has 0 aromatic heterocycles. The molecule has 0 aliphatic carbocycles. The van der Waals surface area contributed by atoms with Gasteiger partial charge in [-0.05, 0) is 61.1 Å². The monoisotopic (exact) mass is 482 g/mol. The van der Waals surface area contributed by atoms with Gasteiger partial charge in [0.15, 0.2) is 0 Å². The number of alkyl halides is 3. The zero-order valence-corrected chi connectivity index (χ0v) is 19.4. The van der Waals surface area contributed by atoms with Gasteiger partial charge in [0.05, 0.1) is 11.4 Å². The lowest BCUT2D eigenvalue weighted by molar-refractivity contribution is -0.141. The summed E-state index contributed by atoms with van der Waals surface area (Å²) in [4.78, 5) is 50.4. The van der Waals surface area contributed by atoms with E-state index in [1.54, 1.807) is 27.7 Å². The largest absolute Gasteiger partial charge is 0.399 e. The Morgan fingerprint density at radius 1 is 0.571 bits per heavy atom. The number of halogens is 3. The van der Waals surface area contributed by atoms with Crippen LogP contribution in [0.15, 0.2) is 48.6 Å². The Morgan fingerprint density at radius 3 is 1.06 bits per heavy atom. The van der Waals surface area contributed by atoms with Gasteiger partial charge in [-0.3, -0.25) is 19.2 Å². The summed E-state index contributed by atoms with van der Waals surface area (Å²) in [5, 5.41) is 0. The average molecular weight is 482 g/mol. The number of hydrogen-bond donors (Lipinski definition) is 0. The van der Waals surface area contributed by atoms with E-state index in [9.17, 15) is 32.3 Å². The van der Waals surface area contributed by atoms with E-state index in [0.29, 0.717) is 22.3 Å². The van der Waals surface area contributed by atoms with Crippen molar-refractivity contribution in [2.24, 2.45) is 0 Å². The van der Waals surface area contributed by atoms with Crippen LogP contribution < -0.4 is 9.80 Å². The molecule has 2 aromatic carbocycles. The van der Waals surface area contributed by atoms with E-state index < -0.39 is 35.7 Å². The van der Waals surface area contributed by atoms with Gasteiger partial charge in [0.2, 0.25) is 0 Å². The highest BCUT2D eigenvalue weighted by atomic mass is 19.4. The zero-order valence-electron chi connectivity index (χ0n) is 19.4. The minimum atomic E-state index is -4.66. The summed E-state index contributed by atoms with van der Waals surface area (Å²) in [6, 6.07) is 5.32. The maximum Gasteiger partial charge on any atom is 0.399 e. The van der Waals surface area contributed by atoms with Crippen LogP contribution in [0.2, 0.25) is 0 Å². The summed E-state index contributed by atoms with van der Waals surface area (Å²) in [6.07, 6.45) is -0.195. The third kappa shape index (κ3) is 4.07. The molecule has 2 heterocycles. The van der Waals surface area contributed by atoms with E-state index in [0.717, 1.165) is 34.1 Å². The first-order valence-corrected chi connectivity index (χ1v) is 10.7. The molecule has 0 saturated carbocycles. The fraction of sp³-hybridized carbons (Fsp3) is 0.231. The maximum atomic E-state index is 14.4. The molecule has 0 N–H and O–H groups in total. The summed E-state index contributed by atoms with van der Waals surface area (Å²) in [5.74, 6) is -4.22. The number of benzene rings is 2. The number of anilines is 2. The number of carbonyl (C=O) groups excluding carboxylic acids is 4. The van der Waals surface area contributed by atoms with E-state index in [2.05, 4.69) is 0 Å². The van der Waals surface area contributed by atoms with Crippen molar-refractivity contribution in [2.75, 3.05) is 9.80 Å². The van der Waals surface area contributed by atoms with Crippen molar-refractivity contribution in [1.82, 2.24) is 0 Å². The normalized spacial score (nSPS) is 16.0. The lowest BCUT2D eigenvalue weighted by Gasteiger charge is -2.27. The number of aryl methyl sites for hydroxylation is 4. The van der Waals surface area contributed by atoms with Crippen molar-refractivity contribution < 1.29 is 32.3 Å². The second kappa shape index (κ2) is 8.33. The highest BCUT2D eigenvalue weighted by molar-refractivity contribution is 6.29. The van der Waals surface area contributed by atoms with Gasteiger partial charge >= 0.3 is 6.18 Å². The molecule has 4 rings (SSSR count). The predicted octanol–water partition coefficient (Wildman–Crippen LogP) is 4.47. The number of nitrogens with zero attached hydrogens (tertiary/aromatic N) is 2. The quantitative estimate of drug-likeness (QED) is 0.603. The Morgan fingerprint density at radius 2 is 0.829 bits per heavy atom. The number of rotatable bonds is 4. The van der Waals surface area contributed by atoms with Crippen molar-refractivity contribution in [2.45, 2.75) is 39.8 Å². The van der Waals surface area contributed by atoms with Crippen molar-refractivity contribution in [1.29, 1.82) is 0 Å². The predicted molar refractivity (Wildman–Crippen MR) is 123 cm³/mol. The van der Waals surface area contributed by atoms with Crippen molar-refractivity contribution >= 4 is 35.0 Å². The van der Waals surface area contributed by atoms with Crippen LogP contribution in [-0.4, -0.2) is 29.8 Å². The smallest absolute Gasteiger partial charge is 0.269 e. The summed E-state index contributed by atoms with van der Waals surface area (Å²) in [7, 11) is 0. The first kappa shape index (κ1) is 24.1. The molecule has 2 aromatic rings. The van der Waals surface area contributed by atoms with Crippen LogP contribution in [0.1, 0.15) is 39.3 Å². The molecule has 0 unspecified atom stereocenters. The van der Waals surface area contributed by atoms with Gasteiger partial charge in [0, 0.05) is 24.3 Å². The molecular weight excluding hydrogens is 461 g/mol. The number of carbonyl (C=O) groups is 4. The average Bonchev–Trinajstić information content (AvgIpc) is 3.22. The lowest BCUT2D eigenvalue weighted by Crippen LogP contribution is -2.32. The Labute approximate surface area is 199 Å². The molecule has 35 heavy (non-hydrogen) atoms. The number of imide groups is 2. The molecule has 0 bridgehead atoms. The topological polar surface area (TPSA) is 74.8 Å². The molecule has 6 nitrogen and oxygen atoms in total. The number of hydrogen-bond acceptors (Lipinski definition) is 4. The summed E-state index contributed by atoms with van der Waals surface area (Å²) >= 11 is 0. The third-order valence-electron chi connectivity index (χ3n) is 6.09. The van der Waals surface area contributed by atoms with Gasteiger partial charge in [-0.2, -0.15) is 13.2 Å². The molecule has 0 atom stereocenters. The van der Waals surface area contributed by atoms with Crippen LogP contribution in [-0.2, 0) is 19.2 Å². The van der Waals surface area contributed by atoms with Gasteiger partial charge in [0.1, 0.15) is 5.92 Å². The Kier molecular flexibility index (Phi) is 5.75. The minimum absolute atomic E-state index is 0.0511.